The molecule has 0 fully saturated rings. The highest BCUT2D eigenvalue weighted by Crippen LogP contribution is 2.37. The highest BCUT2D eigenvalue weighted by Gasteiger charge is 2.20. The second kappa shape index (κ2) is 7.06. The van der Waals surface area contributed by atoms with Gasteiger partial charge in [0, 0.05) is 17.9 Å². The molecule has 0 radical (unpaired) electrons. The van der Waals surface area contributed by atoms with Crippen molar-refractivity contribution in [2.45, 2.75) is 6.92 Å². The molecular weight excluding hydrogens is 372 g/mol. The van der Waals surface area contributed by atoms with Crippen molar-refractivity contribution in [3.05, 3.63) is 53.0 Å². The highest BCUT2D eigenvalue weighted by atomic mass is 32.1. The zero-order valence-corrected chi connectivity index (χ0v) is 15.1. The Kier molecular flexibility index (Phi) is 4.46. The van der Waals surface area contributed by atoms with E-state index >= 15 is 0 Å². The number of rotatable bonds is 4. The normalized spacial score (nSPS) is 10.7. The van der Waals surface area contributed by atoms with E-state index in [1.807, 2.05) is 35.7 Å². The number of amides is 1. The van der Waals surface area contributed by atoms with E-state index in [4.69, 9.17) is 9.26 Å². The molecule has 1 aromatic carbocycles. The predicted molar refractivity (Wildman–Crippen MR) is 99.5 cm³/mol. The minimum absolute atomic E-state index is 0.390. The third kappa shape index (κ3) is 3.48. The van der Waals surface area contributed by atoms with Crippen molar-refractivity contribution in [2.24, 2.45) is 0 Å². The molecule has 0 aliphatic carbocycles. The van der Waals surface area contributed by atoms with Crippen molar-refractivity contribution in [2.75, 3.05) is 5.32 Å². The number of anilines is 1. The van der Waals surface area contributed by atoms with Crippen molar-refractivity contribution >= 4 is 33.9 Å². The van der Waals surface area contributed by atoms with Gasteiger partial charge >= 0.3 is 6.09 Å². The van der Waals surface area contributed by atoms with Crippen LogP contribution < -0.4 is 10.1 Å². The summed E-state index contributed by atoms with van der Waals surface area (Å²) in [4.78, 5) is 21.6. The van der Waals surface area contributed by atoms with Crippen LogP contribution in [0.25, 0.3) is 22.0 Å². The van der Waals surface area contributed by atoms with Crippen molar-refractivity contribution < 1.29 is 14.1 Å². The molecule has 4 rings (SSSR count). The van der Waals surface area contributed by atoms with Gasteiger partial charge in [-0.05, 0) is 11.4 Å². The molecule has 1 N–H and O–H groups in total. The summed E-state index contributed by atoms with van der Waals surface area (Å²) in [6.07, 6.45) is -0.604. The summed E-state index contributed by atoms with van der Waals surface area (Å²) in [5.74, 6) is 1.37. The van der Waals surface area contributed by atoms with Gasteiger partial charge in [-0.15, -0.1) is 11.3 Å². The fraction of sp³-hybridized carbons (Fsp3) is 0.0588. The second-order valence-electron chi connectivity index (χ2n) is 5.17. The quantitative estimate of drug-likeness (QED) is 0.541. The summed E-state index contributed by atoms with van der Waals surface area (Å²) < 4.78 is 10.3. The molecule has 130 valence electrons. The number of hydrogen-bond donors (Lipinski definition) is 1. The molecule has 1 amide bonds. The Balaban J connectivity index is 1.66. The molecule has 9 heteroatoms. The van der Waals surface area contributed by atoms with Gasteiger partial charge in [-0.25, -0.2) is 9.78 Å². The summed E-state index contributed by atoms with van der Waals surface area (Å²) in [6, 6.07) is 11.3. The van der Waals surface area contributed by atoms with Gasteiger partial charge in [-0.3, -0.25) is 5.32 Å². The predicted octanol–water partition coefficient (Wildman–Crippen LogP) is 4.84. The van der Waals surface area contributed by atoms with Crippen molar-refractivity contribution in [3.63, 3.8) is 0 Å². The Hall–Kier alpha value is -3.04. The maximum absolute atomic E-state index is 12.1. The van der Waals surface area contributed by atoms with Crippen LogP contribution in [0.2, 0.25) is 0 Å². The number of nitrogens with one attached hydrogen (secondary N) is 1. The third-order valence-corrected chi connectivity index (χ3v) is 4.95. The van der Waals surface area contributed by atoms with E-state index in [1.54, 1.807) is 18.4 Å². The first kappa shape index (κ1) is 16.4. The Labute approximate surface area is 156 Å². The van der Waals surface area contributed by atoms with Crippen LogP contribution in [0.3, 0.4) is 0 Å². The maximum atomic E-state index is 12.1. The summed E-state index contributed by atoms with van der Waals surface area (Å²) in [5, 5.41) is 10.6. The number of ether oxygens (including phenoxy) is 1. The van der Waals surface area contributed by atoms with E-state index in [0.29, 0.717) is 33.2 Å². The number of aryl methyl sites for hydroxylation is 1. The van der Waals surface area contributed by atoms with Crippen LogP contribution >= 0.6 is 22.7 Å². The number of carbonyl (C=O) groups excluding carboxylic acids is 1. The van der Waals surface area contributed by atoms with E-state index in [2.05, 4.69) is 20.4 Å². The maximum Gasteiger partial charge on any atom is 0.418 e. The zero-order valence-electron chi connectivity index (χ0n) is 13.5. The summed E-state index contributed by atoms with van der Waals surface area (Å²) in [5.41, 5.74) is 1.56. The number of carbonyl (C=O) groups is 1. The molecule has 7 nitrogen and oxygen atoms in total. The molecule has 4 aromatic rings. The smallest absolute Gasteiger partial charge is 0.409 e. The number of benzene rings is 1. The van der Waals surface area contributed by atoms with Crippen molar-refractivity contribution in [3.8, 4) is 27.7 Å². The van der Waals surface area contributed by atoms with Crippen LogP contribution in [0.4, 0.5) is 9.93 Å². The first-order valence-electron chi connectivity index (χ1n) is 7.57. The third-order valence-electron chi connectivity index (χ3n) is 3.32. The lowest BCUT2D eigenvalue weighted by atomic mass is 10.1. The van der Waals surface area contributed by atoms with E-state index in [0.717, 1.165) is 5.56 Å². The van der Waals surface area contributed by atoms with Crippen molar-refractivity contribution in [1.29, 1.82) is 0 Å². The van der Waals surface area contributed by atoms with Crippen LogP contribution in [0.1, 0.15) is 5.89 Å². The lowest BCUT2D eigenvalue weighted by Gasteiger charge is -2.01. The summed E-state index contributed by atoms with van der Waals surface area (Å²) >= 11 is 2.70. The molecule has 26 heavy (non-hydrogen) atoms. The van der Waals surface area contributed by atoms with Crippen LogP contribution in [-0.2, 0) is 0 Å². The average Bonchev–Trinajstić information content (AvgIpc) is 3.37. The molecule has 0 saturated carbocycles. The molecular formula is C17H12N4O3S2. The molecule has 3 aromatic heterocycles. The molecule has 0 saturated heterocycles. The molecule has 0 aliphatic heterocycles. The first-order valence-corrected chi connectivity index (χ1v) is 9.33. The summed E-state index contributed by atoms with van der Waals surface area (Å²) in [7, 11) is 0. The first-order chi connectivity index (χ1) is 12.7. The molecule has 0 atom stereocenters. The summed E-state index contributed by atoms with van der Waals surface area (Å²) in [6.45, 7) is 1.72. The Morgan fingerprint density at radius 2 is 2.04 bits per heavy atom. The lowest BCUT2D eigenvalue weighted by Crippen LogP contribution is -2.16. The van der Waals surface area contributed by atoms with E-state index < -0.39 is 6.09 Å². The number of aromatic nitrogens is 3. The van der Waals surface area contributed by atoms with Gasteiger partial charge in [-0.1, -0.05) is 46.8 Å². The molecule has 0 aliphatic rings. The van der Waals surface area contributed by atoms with Gasteiger partial charge in [0.25, 0.3) is 0 Å². The van der Waals surface area contributed by atoms with Crippen LogP contribution in [-0.4, -0.2) is 21.2 Å². The number of hydrogen-bond acceptors (Lipinski definition) is 8. The molecule has 0 bridgehead atoms. The van der Waals surface area contributed by atoms with Gasteiger partial charge in [0.2, 0.25) is 11.7 Å². The number of nitrogens with zero attached hydrogens (tertiary/aromatic N) is 3. The topological polar surface area (TPSA) is 90.1 Å². The minimum atomic E-state index is -0.604. The van der Waals surface area contributed by atoms with Crippen LogP contribution in [0.15, 0.2) is 51.7 Å². The zero-order chi connectivity index (χ0) is 17.9. The molecule has 0 unspecified atom stereocenters. The Morgan fingerprint density at radius 3 is 2.73 bits per heavy atom. The second-order valence-corrected chi connectivity index (χ2v) is 6.95. The molecule has 3 heterocycles. The number of thiazole rings is 1. The van der Waals surface area contributed by atoms with Crippen LogP contribution in [0, 0.1) is 6.92 Å². The largest absolute Gasteiger partial charge is 0.418 e. The fourth-order valence-electron chi connectivity index (χ4n) is 2.24. The number of thiophene rings is 1. The lowest BCUT2D eigenvalue weighted by molar-refractivity contribution is 0.215. The van der Waals surface area contributed by atoms with E-state index in [-0.39, 0.29) is 0 Å². The van der Waals surface area contributed by atoms with Gasteiger partial charge in [-0.2, -0.15) is 4.98 Å². The Morgan fingerprint density at radius 1 is 1.19 bits per heavy atom. The van der Waals surface area contributed by atoms with Crippen LogP contribution in [0.5, 0.6) is 5.75 Å². The van der Waals surface area contributed by atoms with Crippen molar-refractivity contribution in [1.82, 2.24) is 15.1 Å². The van der Waals surface area contributed by atoms with E-state index in [1.165, 1.54) is 22.7 Å². The Bertz CT molecular complexity index is 1030. The minimum Gasteiger partial charge on any atom is -0.409 e. The molecule has 0 spiro atoms. The van der Waals surface area contributed by atoms with E-state index in [9.17, 15) is 4.79 Å². The average molecular weight is 384 g/mol. The van der Waals surface area contributed by atoms with Gasteiger partial charge in [0.1, 0.15) is 10.6 Å². The van der Waals surface area contributed by atoms with Gasteiger partial charge in [0.15, 0.2) is 5.13 Å². The van der Waals surface area contributed by atoms with Gasteiger partial charge < -0.3 is 9.26 Å². The highest BCUT2D eigenvalue weighted by molar-refractivity contribution is 7.19. The fourth-order valence-corrected chi connectivity index (χ4v) is 3.69. The van der Waals surface area contributed by atoms with Gasteiger partial charge in [0.05, 0.1) is 5.69 Å². The SMILES string of the molecule is Cc1nc(-c2sc(NC(=O)Oc3ccsc3)nc2-c2ccccc2)no1. The monoisotopic (exact) mass is 384 g/mol. The standard InChI is InChI=1S/C17H12N4O3S2/c1-10-18-15(21-24-10)14-13(11-5-3-2-4-6-11)19-16(26-14)20-17(22)23-12-7-8-25-9-12/h2-9H,1H3,(H,19,20,22).